The van der Waals surface area contributed by atoms with Crippen LogP contribution in [-0.4, -0.2) is 74.3 Å². The number of phosphoric acid groups is 1. The molecule has 0 aliphatic carbocycles. The van der Waals surface area contributed by atoms with Crippen LogP contribution in [0.5, 0.6) is 0 Å². The number of carbonyl (C=O) groups is 2. The summed E-state index contributed by atoms with van der Waals surface area (Å²) < 4.78 is 30.7. The Labute approximate surface area is 501 Å². The molecule has 0 aromatic carbocycles. The number of nitrogens with zero attached hydrogens (tertiary/aromatic N) is 1. The lowest BCUT2D eigenvalue weighted by Crippen LogP contribution is -2.47. The molecule has 0 aliphatic heterocycles. The van der Waals surface area contributed by atoms with Crippen LogP contribution < -0.4 is 5.32 Å². The van der Waals surface area contributed by atoms with E-state index in [0.717, 1.165) is 96.3 Å². The molecule has 10 heteroatoms. The predicted octanol–water partition coefficient (Wildman–Crippen LogP) is 21.3. The van der Waals surface area contributed by atoms with Gasteiger partial charge in [0, 0.05) is 12.8 Å². The third-order valence-electron chi connectivity index (χ3n) is 14.8. The summed E-state index contributed by atoms with van der Waals surface area (Å²) in [4.78, 5) is 37.8. The molecule has 1 amide bonds. The highest BCUT2D eigenvalue weighted by Crippen LogP contribution is 2.43. The Kier molecular flexibility index (Phi) is 58.2. The largest absolute Gasteiger partial charge is 0.472 e. The van der Waals surface area contributed by atoms with Crippen LogP contribution in [0.3, 0.4) is 0 Å². The van der Waals surface area contributed by atoms with Gasteiger partial charge in [-0.15, -0.1) is 0 Å². The first-order valence-electron chi connectivity index (χ1n) is 33.9. The van der Waals surface area contributed by atoms with E-state index in [2.05, 4.69) is 99.0 Å². The quantitative estimate of drug-likeness (QED) is 0.0205. The first-order chi connectivity index (χ1) is 39.4. The van der Waals surface area contributed by atoms with Crippen molar-refractivity contribution in [3.8, 4) is 0 Å². The molecule has 470 valence electrons. The number of likely N-dealkylation sites (N-methyl/N-ethyl adjacent to an activating group) is 1. The normalized spacial score (nSPS) is 14.1. The van der Waals surface area contributed by atoms with Crippen molar-refractivity contribution >= 4 is 19.7 Å². The Morgan fingerprint density at radius 3 is 1.15 bits per heavy atom. The molecule has 2 N–H and O–H groups in total. The summed E-state index contributed by atoms with van der Waals surface area (Å²) in [5.74, 6) is -0.515. The lowest BCUT2D eigenvalue weighted by atomic mass is 10.0. The zero-order valence-electron chi connectivity index (χ0n) is 53.8. The predicted molar refractivity (Wildman–Crippen MR) is 351 cm³/mol. The van der Waals surface area contributed by atoms with E-state index < -0.39 is 20.0 Å². The summed E-state index contributed by atoms with van der Waals surface area (Å²) in [6.07, 6.45) is 80.1. The van der Waals surface area contributed by atoms with E-state index in [9.17, 15) is 19.0 Å². The second-order valence-electron chi connectivity index (χ2n) is 24.0. The van der Waals surface area contributed by atoms with E-state index in [0.29, 0.717) is 17.4 Å². The third kappa shape index (κ3) is 61.6. The Bertz CT molecular complexity index is 1660. The van der Waals surface area contributed by atoms with E-state index in [4.69, 9.17) is 13.8 Å². The Hall–Kier alpha value is -2.81. The molecule has 0 heterocycles. The van der Waals surface area contributed by atoms with E-state index >= 15 is 0 Å². The fourth-order valence-electron chi connectivity index (χ4n) is 9.54. The minimum Gasteiger partial charge on any atom is -0.456 e. The van der Waals surface area contributed by atoms with E-state index in [1.54, 1.807) is 0 Å². The van der Waals surface area contributed by atoms with Crippen molar-refractivity contribution in [2.45, 2.75) is 315 Å². The first-order valence-corrected chi connectivity index (χ1v) is 35.4. The molecule has 0 saturated heterocycles. The fraction of sp³-hybridized carbons (Fsp3) is 0.775. The molecule has 0 aromatic heterocycles. The molecule has 81 heavy (non-hydrogen) atoms. The molecule has 3 atom stereocenters. The van der Waals surface area contributed by atoms with Crippen molar-refractivity contribution < 1.29 is 37.3 Å². The van der Waals surface area contributed by atoms with Gasteiger partial charge in [0.05, 0.1) is 33.8 Å². The molecule has 0 fully saturated rings. The number of amides is 1. The molecular formula is C71H130N2O7P+. The van der Waals surface area contributed by atoms with Gasteiger partial charge in [0.1, 0.15) is 19.3 Å². The maximum absolute atomic E-state index is 13.6. The second-order valence-corrected chi connectivity index (χ2v) is 25.4. The molecule has 0 rings (SSSR count). The zero-order valence-corrected chi connectivity index (χ0v) is 54.7. The number of esters is 1. The van der Waals surface area contributed by atoms with Crippen LogP contribution in [0.1, 0.15) is 303 Å². The Morgan fingerprint density at radius 1 is 0.432 bits per heavy atom. The zero-order chi connectivity index (χ0) is 59.3. The van der Waals surface area contributed by atoms with Gasteiger partial charge in [0.15, 0.2) is 0 Å². The molecule has 0 bridgehead atoms. The van der Waals surface area contributed by atoms with Gasteiger partial charge in [-0.2, -0.15) is 0 Å². The number of nitrogens with one attached hydrogen (secondary N) is 1. The lowest BCUT2D eigenvalue weighted by molar-refractivity contribution is -0.870. The van der Waals surface area contributed by atoms with Crippen LogP contribution >= 0.6 is 7.82 Å². The van der Waals surface area contributed by atoms with Crippen molar-refractivity contribution in [2.75, 3.05) is 40.9 Å². The Balaban J connectivity index is 5.06. The summed E-state index contributed by atoms with van der Waals surface area (Å²) in [6, 6.07) is -0.857. The van der Waals surface area contributed by atoms with E-state index in [1.807, 2.05) is 33.3 Å². The third-order valence-corrected chi connectivity index (χ3v) is 15.8. The Morgan fingerprint density at radius 2 is 0.753 bits per heavy atom. The van der Waals surface area contributed by atoms with Crippen molar-refractivity contribution in [3.05, 3.63) is 85.1 Å². The van der Waals surface area contributed by atoms with Gasteiger partial charge < -0.3 is 19.4 Å². The van der Waals surface area contributed by atoms with Crippen LogP contribution in [0.4, 0.5) is 0 Å². The maximum atomic E-state index is 13.6. The second kappa shape index (κ2) is 60.3. The number of quaternary nitrogens is 1. The van der Waals surface area contributed by atoms with Crippen molar-refractivity contribution in [3.63, 3.8) is 0 Å². The van der Waals surface area contributed by atoms with Crippen molar-refractivity contribution in [2.24, 2.45) is 0 Å². The maximum Gasteiger partial charge on any atom is 0.472 e. The average molecular weight is 1150 g/mol. The van der Waals surface area contributed by atoms with Crippen molar-refractivity contribution in [1.29, 1.82) is 0 Å². The minimum absolute atomic E-state index is 0.0356. The average Bonchev–Trinajstić information content (AvgIpc) is 3.43. The highest BCUT2D eigenvalue weighted by atomic mass is 31.2. The number of ether oxygens (including phenoxy) is 1. The van der Waals surface area contributed by atoms with Gasteiger partial charge in [-0.05, 0) is 109 Å². The van der Waals surface area contributed by atoms with Gasteiger partial charge in [0.2, 0.25) is 5.91 Å². The molecule has 3 unspecified atom stereocenters. The van der Waals surface area contributed by atoms with Gasteiger partial charge in [-0.3, -0.25) is 18.6 Å². The summed E-state index contributed by atoms with van der Waals surface area (Å²) in [5.41, 5.74) is 0. The molecule has 0 radical (unpaired) electrons. The van der Waals surface area contributed by atoms with Gasteiger partial charge in [-0.25, -0.2) is 4.57 Å². The summed E-state index contributed by atoms with van der Waals surface area (Å²) >= 11 is 0. The number of phosphoric ester groups is 1. The van der Waals surface area contributed by atoms with Crippen LogP contribution in [0.25, 0.3) is 0 Å². The van der Waals surface area contributed by atoms with Gasteiger partial charge in [-0.1, -0.05) is 267 Å². The van der Waals surface area contributed by atoms with E-state index in [1.165, 1.54) is 173 Å². The number of unbranched alkanes of at least 4 members (excludes halogenated alkanes) is 33. The SMILES string of the molecule is CCCCC/C=C\C/C=C\C/C=C\C/C=C\CCCCCCCCCCCCCC(=O)NC(COP(=O)(O)OCC[N+](C)(C)C)C(/C=C\CCCCCCCCCCC)OC(=O)CCCCCCCCC/C=C\C/C=C\CCCCC. The minimum atomic E-state index is -4.46. The lowest BCUT2D eigenvalue weighted by Gasteiger charge is -2.27. The number of allylic oxidation sites excluding steroid dienone is 13. The first kappa shape index (κ1) is 78.2. The van der Waals surface area contributed by atoms with Gasteiger partial charge in [0.25, 0.3) is 0 Å². The number of hydrogen-bond acceptors (Lipinski definition) is 6. The summed E-state index contributed by atoms with van der Waals surface area (Å²) in [7, 11) is 1.49. The highest BCUT2D eigenvalue weighted by molar-refractivity contribution is 7.47. The molecule has 0 saturated carbocycles. The van der Waals surface area contributed by atoms with Crippen LogP contribution in [0.15, 0.2) is 85.1 Å². The molecule has 0 aliphatic rings. The number of carbonyl (C=O) groups excluding carboxylic acids is 2. The fourth-order valence-corrected chi connectivity index (χ4v) is 10.3. The molecule has 0 aromatic rings. The molecule has 0 spiro atoms. The van der Waals surface area contributed by atoms with Crippen LogP contribution in [0.2, 0.25) is 0 Å². The smallest absolute Gasteiger partial charge is 0.456 e. The van der Waals surface area contributed by atoms with Gasteiger partial charge >= 0.3 is 13.8 Å². The van der Waals surface area contributed by atoms with Crippen molar-refractivity contribution in [1.82, 2.24) is 5.32 Å². The molecular weight excluding hydrogens is 1020 g/mol. The topological polar surface area (TPSA) is 111 Å². The summed E-state index contributed by atoms with van der Waals surface area (Å²) in [5, 5.41) is 3.06. The summed E-state index contributed by atoms with van der Waals surface area (Å²) in [6.45, 7) is 6.96. The van der Waals surface area contributed by atoms with Crippen LogP contribution in [0, 0.1) is 0 Å². The molecule has 9 nitrogen and oxygen atoms in total. The number of hydrogen-bond donors (Lipinski definition) is 2. The monoisotopic (exact) mass is 1150 g/mol. The highest BCUT2D eigenvalue weighted by Gasteiger charge is 2.30. The van der Waals surface area contributed by atoms with Crippen LogP contribution in [-0.2, 0) is 27.9 Å². The standard InChI is InChI=1S/C71H129N2O7P/c1-7-10-13-16-19-22-25-27-29-31-32-33-34-35-36-37-38-39-40-42-43-45-48-51-54-57-60-63-70(74)72-68(67-79-81(76,77)78-66-65-73(4,5)6)69(62-59-56-53-50-47-24-21-18-15-12-9-3)80-71(75)64-61-58-55-52-49-46-44-41-30-28-26-23-20-17-14-11-8-2/h19-20,22-23,27-30,32-33,35-36,59,62,68-69H,7-18,21,24-26,31,34,37-58,60-61,63-67H2,1-6H3,(H-,72,74,76,77)/p+1/b22-19-,23-20-,29-27-,30-28-,33-32-,36-35-,62-59-. The van der Waals surface area contributed by atoms with E-state index in [-0.39, 0.29) is 31.5 Å². The number of rotatable bonds is 61.